The average molecular weight is 442 g/mol. The van der Waals surface area contributed by atoms with E-state index in [1.807, 2.05) is 22.6 Å². The van der Waals surface area contributed by atoms with Crippen molar-refractivity contribution in [3.8, 4) is 5.75 Å². The molecule has 4 aromatic rings. The lowest BCUT2D eigenvalue weighted by Gasteiger charge is -2.19. The molecule has 5 rings (SSSR count). The standard InChI is InChI=1S/C23H21F3N4O2/c1-13(16-3-2-4-17(20(16)24)21(25)26)28-22-18-11-14(32-15-7-10-31-12-15)5-6-19(18)30-9-8-27-23(30)29-22/h2-6,8-9,11,13,15,21H,7,10,12H2,1H3,(H,27,28,29). The maximum atomic E-state index is 14.7. The van der Waals surface area contributed by atoms with Gasteiger partial charge in [-0.15, -0.1) is 0 Å². The lowest BCUT2D eigenvalue weighted by atomic mass is 10.0. The number of fused-ring (bicyclic) bond motifs is 3. The first-order valence-corrected chi connectivity index (χ1v) is 10.4. The number of nitrogens with one attached hydrogen (secondary N) is 1. The number of imidazole rings is 1. The van der Waals surface area contributed by atoms with E-state index in [1.165, 1.54) is 12.1 Å². The zero-order valence-electron chi connectivity index (χ0n) is 17.3. The number of ether oxygens (including phenoxy) is 2. The highest BCUT2D eigenvalue weighted by atomic mass is 19.3. The predicted octanol–water partition coefficient (Wildman–Crippen LogP) is 5.30. The zero-order valence-corrected chi connectivity index (χ0v) is 17.3. The Morgan fingerprint density at radius 1 is 1.22 bits per heavy atom. The van der Waals surface area contributed by atoms with Gasteiger partial charge in [0.05, 0.1) is 30.3 Å². The summed E-state index contributed by atoms with van der Waals surface area (Å²) in [6, 6.07) is 9.04. The number of alkyl halides is 2. The predicted molar refractivity (Wildman–Crippen MR) is 114 cm³/mol. The van der Waals surface area contributed by atoms with Crippen molar-refractivity contribution in [2.45, 2.75) is 31.9 Å². The minimum Gasteiger partial charge on any atom is -0.488 e. The van der Waals surface area contributed by atoms with Crippen LogP contribution in [0.15, 0.2) is 48.8 Å². The summed E-state index contributed by atoms with van der Waals surface area (Å²) < 4.78 is 54.2. The van der Waals surface area contributed by atoms with Crippen molar-refractivity contribution in [3.05, 3.63) is 65.7 Å². The Labute approximate surface area is 182 Å². The van der Waals surface area contributed by atoms with Crippen molar-refractivity contribution in [2.24, 2.45) is 0 Å². The number of benzene rings is 2. The van der Waals surface area contributed by atoms with Crippen molar-refractivity contribution in [2.75, 3.05) is 18.5 Å². The fourth-order valence-corrected chi connectivity index (χ4v) is 3.98. The highest BCUT2D eigenvalue weighted by Crippen LogP contribution is 2.32. The summed E-state index contributed by atoms with van der Waals surface area (Å²) in [6.07, 6.45) is 1.36. The Morgan fingerprint density at radius 3 is 2.84 bits per heavy atom. The molecule has 166 valence electrons. The number of nitrogens with zero attached hydrogens (tertiary/aromatic N) is 3. The third-order valence-corrected chi connectivity index (χ3v) is 5.62. The van der Waals surface area contributed by atoms with E-state index in [0.29, 0.717) is 30.6 Å². The summed E-state index contributed by atoms with van der Waals surface area (Å²) in [4.78, 5) is 8.84. The fraction of sp³-hybridized carbons (Fsp3) is 0.304. The van der Waals surface area contributed by atoms with Gasteiger partial charge < -0.3 is 14.8 Å². The van der Waals surface area contributed by atoms with Gasteiger partial charge in [0.25, 0.3) is 6.43 Å². The second-order valence-corrected chi connectivity index (χ2v) is 7.76. The molecule has 2 aromatic carbocycles. The van der Waals surface area contributed by atoms with Gasteiger partial charge in [-0.3, -0.25) is 4.40 Å². The smallest absolute Gasteiger partial charge is 0.266 e. The molecule has 0 bridgehead atoms. The molecular formula is C23H21F3N4O2. The molecule has 3 heterocycles. The Bertz CT molecular complexity index is 1270. The largest absolute Gasteiger partial charge is 0.488 e. The fourth-order valence-electron chi connectivity index (χ4n) is 3.98. The minimum atomic E-state index is -2.89. The lowest BCUT2D eigenvalue weighted by molar-refractivity contribution is 0.141. The van der Waals surface area contributed by atoms with E-state index in [-0.39, 0.29) is 11.7 Å². The number of anilines is 1. The van der Waals surface area contributed by atoms with Crippen LogP contribution in [0.25, 0.3) is 16.7 Å². The molecule has 0 aliphatic carbocycles. The topological polar surface area (TPSA) is 60.7 Å². The van der Waals surface area contributed by atoms with Crippen LogP contribution in [-0.2, 0) is 4.74 Å². The van der Waals surface area contributed by atoms with Gasteiger partial charge in [-0.2, -0.15) is 4.98 Å². The van der Waals surface area contributed by atoms with Crippen molar-refractivity contribution in [3.63, 3.8) is 0 Å². The molecule has 0 radical (unpaired) electrons. The summed E-state index contributed by atoms with van der Waals surface area (Å²) >= 11 is 0. The molecule has 1 aliphatic heterocycles. The third kappa shape index (κ3) is 3.73. The molecule has 1 saturated heterocycles. The number of halogens is 3. The van der Waals surface area contributed by atoms with Gasteiger partial charge in [0.2, 0.25) is 5.78 Å². The highest BCUT2D eigenvalue weighted by molar-refractivity contribution is 5.92. The number of rotatable bonds is 6. The number of hydrogen-bond donors (Lipinski definition) is 1. The maximum absolute atomic E-state index is 14.7. The normalized spacial score (nSPS) is 17.3. The number of aromatic nitrogens is 3. The van der Waals surface area contributed by atoms with Crippen molar-refractivity contribution >= 4 is 22.5 Å². The van der Waals surface area contributed by atoms with Crippen LogP contribution in [0.5, 0.6) is 5.75 Å². The van der Waals surface area contributed by atoms with Crippen molar-refractivity contribution in [1.82, 2.24) is 14.4 Å². The second-order valence-electron chi connectivity index (χ2n) is 7.76. The van der Waals surface area contributed by atoms with Gasteiger partial charge in [0.15, 0.2) is 0 Å². The molecule has 0 saturated carbocycles. The molecule has 1 fully saturated rings. The Hall–Kier alpha value is -3.33. The first-order chi connectivity index (χ1) is 15.5. The van der Waals surface area contributed by atoms with E-state index in [9.17, 15) is 13.2 Å². The van der Waals surface area contributed by atoms with Crippen LogP contribution in [0.1, 0.15) is 36.9 Å². The van der Waals surface area contributed by atoms with Crippen LogP contribution in [0, 0.1) is 5.82 Å². The van der Waals surface area contributed by atoms with Crippen LogP contribution in [-0.4, -0.2) is 33.7 Å². The van der Waals surface area contributed by atoms with Crippen LogP contribution in [0.3, 0.4) is 0 Å². The van der Waals surface area contributed by atoms with Crippen LogP contribution < -0.4 is 10.1 Å². The summed E-state index contributed by atoms with van der Waals surface area (Å²) in [5.41, 5.74) is 0.350. The maximum Gasteiger partial charge on any atom is 0.266 e. The first kappa shape index (κ1) is 20.6. The molecule has 2 unspecified atom stereocenters. The van der Waals surface area contributed by atoms with Crippen molar-refractivity contribution in [1.29, 1.82) is 0 Å². The zero-order chi connectivity index (χ0) is 22.2. The summed E-state index contributed by atoms with van der Waals surface area (Å²) in [5.74, 6) is 0.669. The highest BCUT2D eigenvalue weighted by Gasteiger charge is 2.21. The third-order valence-electron chi connectivity index (χ3n) is 5.62. The summed E-state index contributed by atoms with van der Waals surface area (Å²) in [5, 5.41) is 3.92. The van der Waals surface area contributed by atoms with Crippen molar-refractivity contribution < 1.29 is 22.6 Å². The van der Waals surface area contributed by atoms with E-state index < -0.39 is 23.8 Å². The molecule has 6 nitrogen and oxygen atoms in total. The van der Waals surface area contributed by atoms with Gasteiger partial charge in [-0.05, 0) is 25.1 Å². The summed E-state index contributed by atoms with van der Waals surface area (Å²) in [7, 11) is 0. The van der Waals surface area contributed by atoms with Gasteiger partial charge >= 0.3 is 0 Å². The van der Waals surface area contributed by atoms with E-state index in [1.54, 1.807) is 19.3 Å². The summed E-state index contributed by atoms with van der Waals surface area (Å²) in [6.45, 7) is 2.91. The van der Waals surface area contributed by atoms with Crippen LogP contribution in [0.4, 0.5) is 19.0 Å². The molecule has 0 amide bonds. The van der Waals surface area contributed by atoms with Gasteiger partial charge in [-0.1, -0.05) is 18.2 Å². The van der Waals surface area contributed by atoms with Crippen LogP contribution in [0.2, 0.25) is 0 Å². The molecule has 1 N–H and O–H groups in total. The van der Waals surface area contributed by atoms with Gasteiger partial charge in [-0.25, -0.2) is 18.2 Å². The Kier molecular flexibility index (Phi) is 5.34. The minimum absolute atomic E-state index is 0.0149. The molecular weight excluding hydrogens is 421 g/mol. The molecule has 0 spiro atoms. The second kappa shape index (κ2) is 8.31. The van der Waals surface area contributed by atoms with E-state index >= 15 is 0 Å². The monoisotopic (exact) mass is 442 g/mol. The lowest BCUT2D eigenvalue weighted by Crippen LogP contribution is -2.16. The van der Waals surface area contributed by atoms with Gasteiger partial charge in [0, 0.05) is 29.8 Å². The van der Waals surface area contributed by atoms with E-state index in [2.05, 4.69) is 15.3 Å². The Balaban J connectivity index is 1.55. The molecule has 1 aliphatic rings. The first-order valence-electron chi connectivity index (χ1n) is 10.4. The quantitative estimate of drug-likeness (QED) is 0.439. The van der Waals surface area contributed by atoms with E-state index in [4.69, 9.17) is 9.47 Å². The van der Waals surface area contributed by atoms with E-state index in [0.717, 1.165) is 23.4 Å². The molecule has 2 atom stereocenters. The SMILES string of the molecule is CC(Nc1nc2nccn2c2ccc(OC3CCOC3)cc12)c1cccc(C(F)F)c1F. The molecule has 9 heteroatoms. The van der Waals surface area contributed by atoms with Gasteiger partial charge in [0.1, 0.15) is 23.5 Å². The Morgan fingerprint density at radius 2 is 2.06 bits per heavy atom. The molecule has 2 aromatic heterocycles. The number of hydrogen-bond acceptors (Lipinski definition) is 5. The molecule has 32 heavy (non-hydrogen) atoms. The average Bonchev–Trinajstić information content (AvgIpc) is 3.45. The van der Waals surface area contributed by atoms with Crippen LogP contribution >= 0.6 is 0 Å².